The summed E-state index contributed by atoms with van der Waals surface area (Å²) >= 11 is 0. The van der Waals surface area contributed by atoms with Gasteiger partial charge in [0.1, 0.15) is 0 Å². The number of hydrogen-bond acceptors (Lipinski definition) is 6. The van der Waals surface area contributed by atoms with Crippen molar-refractivity contribution in [2.24, 2.45) is 0 Å². The number of carbonyl (C=O) groups is 4. The van der Waals surface area contributed by atoms with Crippen LogP contribution in [0.25, 0.3) is 10.8 Å². The minimum absolute atomic E-state index is 0.172. The standard InChI is InChI=1S/C30H22N2O6/c33-15-23(17-7-3-1-4-8-17)31-27(35)19-11-13-21-26-22(14-12-20(25(19)26)28(31)36)30(38)32(29(21)37)24(16-34)18-9-5-2-6-10-18/h1-14,23-24,33-34H,15-16H2. The van der Waals surface area contributed by atoms with E-state index in [0.717, 1.165) is 9.80 Å². The molecule has 188 valence electrons. The molecule has 38 heavy (non-hydrogen) atoms. The highest BCUT2D eigenvalue weighted by Gasteiger charge is 2.43. The van der Waals surface area contributed by atoms with Gasteiger partial charge in [-0.05, 0) is 35.4 Å². The summed E-state index contributed by atoms with van der Waals surface area (Å²) < 4.78 is 0. The number of benzene rings is 4. The number of rotatable bonds is 6. The average molecular weight is 507 g/mol. The van der Waals surface area contributed by atoms with Crippen LogP contribution >= 0.6 is 0 Å². The van der Waals surface area contributed by atoms with E-state index in [1.165, 1.54) is 24.3 Å². The lowest BCUT2D eigenvalue weighted by atomic mass is 9.84. The van der Waals surface area contributed by atoms with Gasteiger partial charge in [-0.3, -0.25) is 29.0 Å². The molecule has 0 bridgehead atoms. The molecule has 6 rings (SSSR count). The topological polar surface area (TPSA) is 115 Å². The van der Waals surface area contributed by atoms with Crippen molar-refractivity contribution in [3.05, 3.63) is 118 Å². The third-order valence-electron chi connectivity index (χ3n) is 7.30. The molecular weight excluding hydrogens is 484 g/mol. The van der Waals surface area contributed by atoms with E-state index in [1.54, 1.807) is 60.7 Å². The first-order valence-corrected chi connectivity index (χ1v) is 12.1. The second kappa shape index (κ2) is 9.02. The van der Waals surface area contributed by atoms with Crippen molar-refractivity contribution in [1.82, 2.24) is 9.80 Å². The zero-order chi connectivity index (χ0) is 26.6. The van der Waals surface area contributed by atoms with Gasteiger partial charge in [0.05, 0.1) is 25.3 Å². The molecule has 2 unspecified atom stereocenters. The van der Waals surface area contributed by atoms with Gasteiger partial charge in [0.15, 0.2) is 0 Å². The molecule has 2 atom stereocenters. The van der Waals surface area contributed by atoms with E-state index >= 15 is 0 Å². The summed E-state index contributed by atoms with van der Waals surface area (Å²) in [4.78, 5) is 56.7. The zero-order valence-corrected chi connectivity index (χ0v) is 20.1. The van der Waals surface area contributed by atoms with Crippen LogP contribution in [0.15, 0.2) is 84.9 Å². The Morgan fingerprint density at radius 2 is 0.763 bits per heavy atom. The molecule has 8 heteroatoms. The lowest BCUT2D eigenvalue weighted by Crippen LogP contribution is -2.46. The summed E-state index contributed by atoms with van der Waals surface area (Å²) in [5.74, 6) is -2.47. The molecular formula is C30H22N2O6. The highest BCUT2D eigenvalue weighted by Crippen LogP contribution is 2.41. The Labute approximate surface area is 217 Å². The van der Waals surface area contributed by atoms with Crippen LogP contribution in [-0.2, 0) is 0 Å². The van der Waals surface area contributed by atoms with Crippen LogP contribution in [0.3, 0.4) is 0 Å². The maximum atomic E-state index is 13.7. The van der Waals surface area contributed by atoms with Crippen molar-refractivity contribution in [1.29, 1.82) is 0 Å². The number of amides is 4. The molecule has 0 aromatic heterocycles. The van der Waals surface area contributed by atoms with E-state index in [9.17, 15) is 29.4 Å². The van der Waals surface area contributed by atoms with Crippen LogP contribution in [0.1, 0.15) is 64.6 Å². The molecule has 4 aromatic rings. The van der Waals surface area contributed by atoms with Gasteiger partial charge in [0.2, 0.25) is 0 Å². The fourth-order valence-electron chi connectivity index (χ4n) is 5.50. The van der Waals surface area contributed by atoms with Gasteiger partial charge >= 0.3 is 0 Å². The van der Waals surface area contributed by atoms with Crippen molar-refractivity contribution in [2.45, 2.75) is 12.1 Å². The molecule has 8 nitrogen and oxygen atoms in total. The molecule has 4 aromatic carbocycles. The molecule has 0 radical (unpaired) electrons. The second-order valence-corrected chi connectivity index (χ2v) is 9.25. The molecule has 4 amide bonds. The average Bonchev–Trinajstić information content (AvgIpc) is 2.96. The largest absolute Gasteiger partial charge is 0.394 e. The number of aliphatic hydroxyl groups excluding tert-OH is 2. The maximum Gasteiger partial charge on any atom is 0.262 e. The Morgan fingerprint density at radius 3 is 1.03 bits per heavy atom. The summed E-state index contributed by atoms with van der Waals surface area (Å²) in [6.07, 6.45) is 0. The fraction of sp³-hybridized carbons (Fsp3) is 0.133. The van der Waals surface area contributed by atoms with E-state index in [2.05, 4.69) is 0 Å². The van der Waals surface area contributed by atoms with Crippen LogP contribution in [0.5, 0.6) is 0 Å². The van der Waals surface area contributed by atoms with Gasteiger partial charge in [-0.15, -0.1) is 0 Å². The molecule has 0 spiro atoms. The summed E-state index contributed by atoms with van der Waals surface area (Å²) in [5.41, 5.74) is 1.89. The molecule has 2 N–H and O–H groups in total. The minimum atomic E-state index is -0.901. The maximum absolute atomic E-state index is 13.7. The highest BCUT2D eigenvalue weighted by molar-refractivity contribution is 6.33. The highest BCUT2D eigenvalue weighted by atomic mass is 16.3. The van der Waals surface area contributed by atoms with Crippen LogP contribution in [0, 0.1) is 0 Å². The van der Waals surface area contributed by atoms with E-state index in [4.69, 9.17) is 0 Å². The quantitative estimate of drug-likeness (QED) is 0.387. The van der Waals surface area contributed by atoms with Gasteiger partial charge in [-0.2, -0.15) is 0 Å². The number of aliphatic hydroxyl groups is 2. The minimum Gasteiger partial charge on any atom is -0.394 e. The molecule has 2 aliphatic heterocycles. The van der Waals surface area contributed by atoms with E-state index in [1.807, 2.05) is 0 Å². The lowest BCUT2D eigenvalue weighted by molar-refractivity contribution is 0.0450. The zero-order valence-electron chi connectivity index (χ0n) is 20.1. The third kappa shape index (κ3) is 3.31. The first kappa shape index (κ1) is 23.7. The predicted molar refractivity (Wildman–Crippen MR) is 137 cm³/mol. The summed E-state index contributed by atoms with van der Waals surface area (Å²) in [7, 11) is 0. The SMILES string of the molecule is O=C1c2ccc3c4c(ccc(c24)C(=O)N1C(CO)c1ccccc1)C(=O)N(C(CO)c1ccccc1)C3=O. The van der Waals surface area contributed by atoms with Gasteiger partial charge in [-0.25, -0.2) is 0 Å². The molecule has 0 fully saturated rings. The summed E-state index contributed by atoms with van der Waals surface area (Å²) in [6.45, 7) is -0.936. The van der Waals surface area contributed by atoms with Crippen LogP contribution < -0.4 is 0 Å². The number of hydrogen-bond donors (Lipinski definition) is 2. The molecule has 2 aliphatic rings. The monoisotopic (exact) mass is 506 g/mol. The van der Waals surface area contributed by atoms with Gasteiger partial charge in [-0.1, -0.05) is 60.7 Å². The lowest BCUT2D eigenvalue weighted by Gasteiger charge is -2.36. The van der Waals surface area contributed by atoms with E-state index in [0.29, 0.717) is 11.1 Å². The first-order chi connectivity index (χ1) is 18.5. The van der Waals surface area contributed by atoms with Crippen LogP contribution in [0.2, 0.25) is 0 Å². The van der Waals surface area contributed by atoms with Gasteiger partial charge < -0.3 is 10.2 Å². The number of imide groups is 2. The number of carbonyl (C=O) groups excluding carboxylic acids is 4. The fourth-order valence-corrected chi connectivity index (χ4v) is 5.50. The Kier molecular flexibility index (Phi) is 5.63. The van der Waals surface area contributed by atoms with Gasteiger partial charge in [0.25, 0.3) is 23.6 Å². The predicted octanol–water partition coefficient (Wildman–Crippen LogP) is 3.50. The first-order valence-electron chi connectivity index (χ1n) is 12.1. The normalized spacial score (nSPS) is 16.3. The van der Waals surface area contributed by atoms with Crippen LogP contribution in [-0.4, -0.2) is 56.9 Å². The Hall–Kier alpha value is -4.66. The Morgan fingerprint density at radius 1 is 0.474 bits per heavy atom. The van der Waals surface area contributed by atoms with E-state index in [-0.39, 0.29) is 33.0 Å². The van der Waals surface area contributed by atoms with Crippen molar-refractivity contribution >= 4 is 34.4 Å². The molecule has 0 saturated heterocycles. The summed E-state index contributed by atoms with van der Waals surface area (Å²) in [6, 6.07) is 21.7. The smallest absolute Gasteiger partial charge is 0.262 e. The van der Waals surface area contributed by atoms with Crippen molar-refractivity contribution in [3.63, 3.8) is 0 Å². The van der Waals surface area contributed by atoms with E-state index < -0.39 is 48.9 Å². The molecule has 2 heterocycles. The Bertz CT molecular complexity index is 1440. The van der Waals surface area contributed by atoms with Gasteiger partial charge in [0, 0.05) is 33.0 Å². The van der Waals surface area contributed by atoms with Crippen molar-refractivity contribution in [2.75, 3.05) is 13.2 Å². The Balaban J connectivity index is 1.50. The summed E-state index contributed by atoms with van der Waals surface area (Å²) in [5, 5.41) is 20.8. The molecule has 0 saturated carbocycles. The van der Waals surface area contributed by atoms with Crippen LogP contribution in [0.4, 0.5) is 0 Å². The van der Waals surface area contributed by atoms with Crippen molar-refractivity contribution < 1.29 is 29.4 Å². The number of nitrogens with zero attached hydrogens (tertiary/aromatic N) is 2. The third-order valence-corrected chi connectivity index (χ3v) is 7.30. The van der Waals surface area contributed by atoms with Crippen molar-refractivity contribution in [3.8, 4) is 0 Å². The molecule has 0 aliphatic carbocycles. The second-order valence-electron chi connectivity index (χ2n) is 9.25.